The van der Waals surface area contributed by atoms with Gasteiger partial charge >= 0.3 is 0 Å². The van der Waals surface area contributed by atoms with Gasteiger partial charge in [-0.05, 0) is 61.0 Å². The third kappa shape index (κ3) is 5.96. The molecule has 0 atom stereocenters. The molecular formula is C20H19ClN2O5S2. The molecule has 0 unspecified atom stereocenters. The Morgan fingerprint density at radius 2 is 1.60 bits per heavy atom. The maximum atomic E-state index is 12.2. The molecule has 0 fully saturated rings. The van der Waals surface area contributed by atoms with Gasteiger partial charge in [0.05, 0.1) is 10.9 Å². The summed E-state index contributed by atoms with van der Waals surface area (Å²) in [4.78, 5) is 14.3. The van der Waals surface area contributed by atoms with Gasteiger partial charge in [-0.25, -0.2) is 8.42 Å². The van der Waals surface area contributed by atoms with E-state index in [1.807, 2.05) is 31.2 Å². The molecular weight excluding hydrogens is 448 g/mol. The van der Waals surface area contributed by atoms with Crippen LogP contribution in [0.3, 0.4) is 0 Å². The average molecular weight is 467 g/mol. The lowest BCUT2D eigenvalue weighted by Gasteiger charge is -2.09. The Kier molecular flexibility index (Phi) is 7.33. The molecule has 0 saturated heterocycles. The summed E-state index contributed by atoms with van der Waals surface area (Å²) in [5.41, 5.74) is 3.34. The summed E-state index contributed by atoms with van der Waals surface area (Å²) < 4.78 is 35.7. The van der Waals surface area contributed by atoms with Crippen LogP contribution in [0.25, 0.3) is 0 Å². The monoisotopic (exact) mass is 466 g/mol. The van der Waals surface area contributed by atoms with Gasteiger partial charge in [0, 0.05) is 5.56 Å². The molecule has 2 aromatic carbocycles. The van der Waals surface area contributed by atoms with E-state index < -0.39 is 15.9 Å². The van der Waals surface area contributed by atoms with Gasteiger partial charge in [-0.1, -0.05) is 23.7 Å². The molecule has 0 aliphatic rings. The second-order valence-electron chi connectivity index (χ2n) is 6.01. The number of hydrogen-bond acceptors (Lipinski definition) is 6. The summed E-state index contributed by atoms with van der Waals surface area (Å²) >= 11 is 6.64. The third-order valence-electron chi connectivity index (χ3n) is 3.87. The van der Waals surface area contributed by atoms with Crippen molar-refractivity contribution in [1.29, 1.82) is 0 Å². The molecule has 1 amide bonds. The molecule has 0 saturated carbocycles. The van der Waals surface area contributed by atoms with E-state index in [1.165, 1.54) is 12.1 Å². The zero-order chi connectivity index (χ0) is 21.6. The summed E-state index contributed by atoms with van der Waals surface area (Å²) in [6.45, 7) is 2.84. The predicted octanol–water partition coefficient (Wildman–Crippen LogP) is 4.00. The van der Waals surface area contributed by atoms with E-state index in [1.54, 1.807) is 24.3 Å². The number of hydrazine groups is 1. The van der Waals surface area contributed by atoms with Crippen molar-refractivity contribution in [3.8, 4) is 11.5 Å². The Morgan fingerprint density at radius 3 is 2.17 bits per heavy atom. The van der Waals surface area contributed by atoms with Gasteiger partial charge in [0.25, 0.3) is 15.9 Å². The maximum Gasteiger partial charge on any atom is 0.266 e. The molecule has 0 aliphatic carbocycles. The molecule has 3 aromatic rings. The molecule has 1 heterocycles. The predicted molar refractivity (Wildman–Crippen MR) is 116 cm³/mol. The lowest BCUT2D eigenvalue weighted by molar-refractivity contribution is 0.0945. The van der Waals surface area contributed by atoms with Crippen LogP contribution < -0.4 is 19.7 Å². The largest absolute Gasteiger partial charge is 0.494 e. The normalized spacial score (nSPS) is 11.1. The third-order valence-corrected chi connectivity index (χ3v) is 6.84. The molecule has 0 spiro atoms. The highest BCUT2D eigenvalue weighted by atomic mass is 35.5. The fourth-order valence-electron chi connectivity index (χ4n) is 2.40. The van der Waals surface area contributed by atoms with Crippen molar-refractivity contribution in [1.82, 2.24) is 10.3 Å². The Bertz CT molecular complexity index is 1100. The summed E-state index contributed by atoms with van der Waals surface area (Å²) in [6, 6.07) is 16.8. The van der Waals surface area contributed by atoms with E-state index in [4.69, 9.17) is 21.1 Å². The van der Waals surface area contributed by atoms with Crippen molar-refractivity contribution < 1.29 is 22.7 Å². The number of ether oxygens (including phenoxy) is 2. The lowest BCUT2D eigenvalue weighted by Crippen LogP contribution is -2.41. The smallest absolute Gasteiger partial charge is 0.266 e. The first-order chi connectivity index (χ1) is 14.4. The van der Waals surface area contributed by atoms with Gasteiger partial charge in [0.15, 0.2) is 0 Å². The van der Waals surface area contributed by atoms with Crippen LogP contribution in [-0.4, -0.2) is 20.9 Å². The summed E-state index contributed by atoms with van der Waals surface area (Å²) in [5, 5.41) is 0. The van der Waals surface area contributed by atoms with Crippen LogP contribution in [0.15, 0.2) is 64.9 Å². The van der Waals surface area contributed by atoms with Crippen LogP contribution in [0, 0.1) is 0 Å². The van der Waals surface area contributed by atoms with E-state index in [0.29, 0.717) is 28.9 Å². The van der Waals surface area contributed by atoms with Crippen LogP contribution in [0.4, 0.5) is 0 Å². The molecule has 30 heavy (non-hydrogen) atoms. The Hall–Kier alpha value is -2.59. The number of thiophene rings is 1. The Morgan fingerprint density at radius 1 is 0.967 bits per heavy atom. The van der Waals surface area contributed by atoms with E-state index in [2.05, 4.69) is 10.3 Å². The standard InChI is InChI=1S/C20H19ClN2O5S2/c1-2-27-16-7-9-17(10-8-16)28-13-14-3-5-15(6-4-14)20(24)22-23-30(25,26)19-12-11-18(21)29-19/h3-12,23H,2,13H2,1H3,(H,22,24). The molecule has 0 bridgehead atoms. The zero-order valence-corrected chi connectivity index (χ0v) is 18.3. The van der Waals surface area contributed by atoms with Gasteiger partial charge in [-0.15, -0.1) is 16.2 Å². The molecule has 0 radical (unpaired) electrons. The number of nitrogens with one attached hydrogen (secondary N) is 2. The number of amides is 1. The minimum atomic E-state index is -3.87. The van der Waals surface area contributed by atoms with Crippen LogP contribution in [0.5, 0.6) is 11.5 Å². The highest BCUT2D eigenvalue weighted by molar-refractivity contribution is 7.91. The van der Waals surface area contributed by atoms with E-state index in [-0.39, 0.29) is 4.21 Å². The number of carbonyl (C=O) groups excluding carboxylic acids is 1. The van der Waals surface area contributed by atoms with E-state index in [9.17, 15) is 13.2 Å². The number of carbonyl (C=O) groups is 1. The SMILES string of the molecule is CCOc1ccc(OCc2ccc(C(=O)NNS(=O)(=O)c3ccc(Cl)s3)cc2)cc1. The second-order valence-corrected chi connectivity index (χ2v) is 9.63. The number of halogens is 1. The van der Waals surface area contributed by atoms with Crippen molar-refractivity contribution in [3.63, 3.8) is 0 Å². The van der Waals surface area contributed by atoms with Crippen molar-refractivity contribution >= 4 is 38.9 Å². The number of benzene rings is 2. The first-order valence-corrected chi connectivity index (χ1v) is 11.6. The summed E-state index contributed by atoms with van der Waals surface area (Å²) in [6.07, 6.45) is 0. The first kappa shape index (κ1) is 22.1. The van der Waals surface area contributed by atoms with Crippen LogP contribution in [0.2, 0.25) is 4.34 Å². The van der Waals surface area contributed by atoms with Crippen LogP contribution >= 0.6 is 22.9 Å². The average Bonchev–Trinajstić information content (AvgIpc) is 3.19. The molecule has 2 N–H and O–H groups in total. The van der Waals surface area contributed by atoms with Crippen molar-refractivity contribution in [3.05, 3.63) is 76.1 Å². The topological polar surface area (TPSA) is 93.7 Å². The van der Waals surface area contributed by atoms with Crippen LogP contribution in [0.1, 0.15) is 22.8 Å². The summed E-state index contributed by atoms with van der Waals surface area (Å²) in [7, 11) is -3.87. The minimum Gasteiger partial charge on any atom is -0.494 e. The Labute approximate surface area is 183 Å². The number of sulfonamides is 1. The first-order valence-electron chi connectivity index (χ1n) is 8.89. The molecule has 0 aliphatic heterocycles. The van der Waals surface area contributed by atoms with E-state index >= 15 is 0 Å². The van der Waals surface area contributed by atoms with Gasteiger partial charge < -0.3 is 9.47 Å². The number of rotatable bonds is 9. The molecule has 10 heteroatoms. The number of hydrogen-bond donors (Lipinski definition) is 2. The van der Waals surface area contributed by atoms with Gasteiger partial charge in [-0.2, -0.15) is 0 Å². The van der Waals surface area contributed by atoms with Gasteiger partial charge in [0.2, 0.25) is 0 Å². The molecule has 1 aromatic heterocycles. The second kappa shape index (κ2) is 9.94. The van der Waals surface area contributed by atoms with Crippen molar-refractivity contribution in [2.45, 2.75) is 17.7 Å². The van der Waals surface area contributed by atoms with Gasteiger partial charge in [-0.3, -0.25) is 10.2 Å². The lowest BCUT2D eigenvalue weighted by atomic mass is 10.1. The minimum absolute atomic E-state index is 0.00888. The van der Waals surface area contributed by atoms with Crippen molar-refractivity contribution in [2.24, 2.45) is 0 Å². The van der Waals surface area contributed by atoms with Gasteiger partial charge in [0.1, 0.15) is 22.3 Å². The fraction of sp³-hybridized carbons (Fsp3) is 0.150. The summed E-state index contributed by atoms with van der Waals surface area (Å²) in [5.74, 6) is 0.890. The Balaban J connectivity index is 1.52. The molecule has 3 rings (SSSR count). The molecule has 158 valence electrons. The zero-order valence-electron chi connectivity index (χ0n) is 15.9. The highest BCUT2D eigenvalue weighted by Gasteiger charge is 2.18. The van der Waals surface area contributed by atoms with Crippen LogP contribution in [-0.2, 0) is 16.6 Å². The quantitative estimate of drug-likeness (QED) is 0.465. The maximum absolute atomic E-state index is 12.2. The van der Waals surface area contributed by atoms with E-state index in [0.717, 1.165) is 22.6 Å². The highest BCUT2D eigenvalue weighted by Crippen LogP contribution is 2.25. The fourth-order valence-corrected chi connectivity index (χ4v) is 4.72. The van der Waals surface area contributed by atoms with Crippen molar-refractivity contribution in [2.75, 3.05) is 6.61 Å². The molecule has 7 nitrogen and oxygen atoms in total.